The Hall–Kier alpha value is -1.79. The number of rotatable bonds is 4. The molecule has 0 bridgehead atoms. The summed E-state index contributed by atoms with van der Waals surface area (Å²) in [6.45, 7) is 6.56. The maximum Gasteiger partial charge on any atom is 0.317 e. The largest absolute Gasteiger partial charge is 0.481 e. The van der Waals surface area contributed by atoms with Crippen molar-refractivity contribution in [1.82, 2.24) is 15.5 Å². The number of nitrogens with zero attached hydrogens (tertiary/aromatic N) is 1. The SMILES string of the molecule is CC(C)(C)NC(=O)CNC(=O)N1CCCC(CC(=O)O)C1. The molecule has 7 nitrogen and oxygen atoms in total. The molecule has 1 rings (SSSR count). The molecule has 3 amide bonds. The van der Waals surface area contributed by atoms with E-state index in [1.165, 1.54) is 0 Å². The number of hydrogen-bond donors (Lipinski definition) is 3. The molecule has 7 heteroatoms. The maximum absolute atomic E-state index is 12.0. The van der Waals surface area contributed by atoms with Crippen LogP contribution in [0.4, 0.5) is 4.79 Å². The summed E-state index contributed by atoms with van der Waals surface area (Å²) >= 11 is 0. The highest BCUT2D eigenvalue weighted by atomic mass is 16.4. The highest BCUT2D eigenvalue weighted by Crippen LogP contribution is 2.19. The molecule has 120 valence electrons. The number of carbonyl (C=O) groups excluding carboxylic acids is 2. The second-order valence-corrected chi connectivity index (χ2v) is 6.51. The minimum absolute atomic E-state index is 0.00889. The van der Waals surface area contributed by atoms with E-state index in [1.807, 2.05) is 20.8 Å². The fraction of sp³-hybridized carbons (Fsp3) is 0.786. The van der Waals surface area contributed by atoms with Gasteiger partial charge in [-0.2, -0.15) is 0 Å². The smallest absolute Gasteiger partial charge is 0.317 e. The van der Waals surface area contributed by atoms with Gasteiger partial charge in [-0.15, -0.1) is 0 Å². The molecule has 1 atom stereocenters. The van der Waals surface area contributed by atoms with Crippen LogP contribution in [0.5, 0.6) is 0 Å². The number of carbonyl (C=O) groups is 3. The molecular weight excluding hydrogens is 274 g/mol. The normalized spacial score (nSPS) is 19.0. The second kappa shape index (κ2) is 7.28. The Morgan fingerprint density at radius 2 is 1.95 bits per heavy atom. The number of aliphatic carboxylic acids is 1. The van der Waals surface area contributed by atoms with Crippen LogP contribution in [0.15, 0.2) is 0 Å². The molecule has 1 unspecified atom stereocenters. The van der Waals surface area contributed by atoms with E-state index in [0.717, 1.165) is 12.8 Å². The Bertz CT molecular complexity index is 404. The Balaban J connectivity index is 2.37. The van der Waals surface area contributed by atoms with Crippen molar-refractivity contribution in [1.29, 1.82) is 0 Å². The van der Waals surface area contributed by atoms with Crippen LogP contribution in [-0.2, 0) is 9.59 Å². The van der Waals surface area contributed by atoms with E-state index in [-0.39, 0.29) is 36.4 Å². The van der Waals surface area contributed by atoms with E-state index in [9.17, 15) is 14.4 Å². The van der Waals surface area contributed by atoms with Crippen molar-refractivity contribution in [3.8, 4) is 0 Å². The van der Waals surface area contributed by atoms with E-state index >= 15 is 0 Å². The van der Waals surface area contributed by atoms with Gasteiger partial charge in [-0.25, -0.2) is 4.79 Å². The molecule has 0 aromatic carbocycles. The lowest BCUT2D eigenvalue weighted by atomic mass is 9.95. The quantitative estimate of drug-likeness (QED) is 0.715. The summed E-state index contributed by atoms with van der Waals surface area (Å²) in [5.41, 5.74) is -0.334. The van der Waals surface area contributed by atoms with Crippen molar-refractivity contribution >= 4 is 17.9 Å². The molecule has 0 aliphatic carbocycles. The van der Waals surface area contributed by atoms with Crippen LogP contribution in [0.2, 0.25) is 0 Å². The molecule has 0 aromatic rings. The summed E-state index contributed by atoms with van der Waals surface area (Å²) in [6, 6.07) is -0.311. The minimum atomic E-state index is -0.841. The Labute approximate surface area is 125 Å². The van der Waals surface area contributed by atoms with Gasteiger partial charge in [0.05, 0.1) is 6.54 Å². The van der Waals surface area contributed by atoms with Crippen molar-refractivity contribution < 1.29 is 19.5 Å². The number of nitrogens with one attached hydrogen (secondary N) is 2. The van der Waals surface area contributed by atoms with Crippen LogP contribution in [0.1, 0.15) is 40.0 Å². The first-order valence-corrected chi connectivity index (χ1v) is 7.23. The van der Waals surface area contributed by atoms with Crippen molar-refractivity contribution in [3.63, 3.8) is 0 Å². The van der Waals surface area contributed by atoms with Crippen molar-refractivity contribution in [2.75, 3.05) is 19.6 Å². The van der Waals surface area contributed by atoms with E-state index in [1.54, 1.807) is 4.90 Å². The number of piperidine rings is 1. The first-order chi connectivity index (χ1) is 9.67. The van der Waals surface area contributed by atoms with Gasteiger partial charge in [0.25, 0.3) is 0 Å². The third kappa shape index (κ3) is 6.97. The van der Waals surface area contributed by atoms with Gasteiger partial charge in [0.15, 0.2) is 0 Å². The lowest BCUT2D eigenvalue weighted by molar-refractivity contribution is -0.138. The molecule has 0 radical (unpaired) electrons. The minimum Gasteiger partial charge on any atom is -0.481 e. The fourth-order valence-electron chi connectivity index (χ4n) is 2.39. The third-order valence-corrected chi connectivity index (χ3v) is 3.18. The summed E-state index contributed by atoms with van der Waals surface area (Å²) in [6.07, 6.45) is 1.69. The molecule has 0 aromatic heterocycles. The van der Waals surface area contributed by atoms with Gasteiger partial charge < -0.3 is 20.6 Å². The van der Waals surface area contributed by atoms with Crippen LogP contribution in [0, 0.1) is 5.92 Å². The number of carboxylic acids is 1. The number of amides is 3. The van der Waals surface area contributed by atoms with Gasteiger partial charge in [0.2, 0.25) is 5.91 Å². The predicted molar refractivity (Wildman–Crippen MR) is 77.8 cm³/mol. The summed E-state index contributed by atoms with van der Waals surface area (Å²) in [7, 11) is 0. The van der Waals surface area contributed by atoms with Crippen LogP contribution in [-0.4, -0.2) is 53.1 Å². The zero-order valence-electron chi connectivity index (χ0n) is 12.9. The lowest BCUT2D eigenvalue weighted by Crippen LogP contribution is -2.50. The summed E-state index contributed by atoms with van der Waals surface area (Å²) in [5, 5.41) is 14.1. The first-order valence-electron chi connectivity index (χ1n) is 7.23. The third-order valence-electron chi connectivity index (χ3n) is 3.18. The molecule has 1 fully saturated rings. The summed E-state index contributed by atoms with van der Waals surface area (Å²) < 4.78 is 0. The highest BCUT2D eigenvalue weighted by Gasteiger charge is 2.25. The molecule has 0 spiro atoms. The van der Waals surface area contributed by atoms with Gasteiger partial charge in [0, 0.05) is 25.0 Å². The predicted octanol–water partition coefficient (Wildman–Crippen LogP) is 0.797. The van der Waals surface area contributed by atoms with Crippen LogP contribution < -0.4 is 10.6 Å². The van der Waals surface area contributed by atoms with Crippen LogP contribution >= 0.6 is 0 Å². The summed E-state index contributed by atoms with van der Waals surface area (Å²) in [5.74, 6) is -1.09. The zero-order valence-corrected chi connectivity index (χ0v) is 12.9. The van der Waals surface area contributed by atoms with E-state index in [2.05, 4.69) is 10.6 Å². The lowest BCUT2D eigenvalue weighted by Gasteiger charge is -2.32. The average Bonchev–Trinajstić information content (AvgIpc) is 2.33. The zero-order chi connectivity index (χ0) is 16.0. The Morgan fingerprint density at radius 3 is 2.52 bits per heavy atom. The monoisotopic (exact) mass is 299 g/mol. The van der Waals surface area contributed by atoms with Gasteiger partial charge >= 0.3 is 12.0 Å². The van der Waals surface area contributed by atoms with Gasteiger partial charge in [0.1, 0.15) is 0 Å². The van der Waals surface area contributed by atoms with Crippen LogP contribution in [0.3, 0.4) is 0 Å². The highest BCUT2D eigenvalue weighted by molar-refractivity contribution is 5.84. The molecule has 1 heterocycles. The molecule has 1 aliphatic heterocycles. The van der Waals surface area contributed by atoms with Crippen molar-refractivity contribution in [3.05, 3.63) is 0 Å². The average molecular weight is 299 g/mol. The van der Waals surface area contributed by atoms with Gasteiger partial charge in [-0.05, 0) is 39.5 Å². The Kier molecular flexibility index (Phi) is 5.99. The summed E-state index contributed by atoms with van der Waals surface area (Å²) in [4.78, 5) is 35.9. The number of carboxylic acid groups (broad SMARTS) is 1. The molecule has 1 aliphatic rings. The second-order valence-electron chi connectivity index (χ2n) is 6.51. The van der Waals surface area contributed by atoms with E-state index in [4.69, 9.17) is 5.11 Å². The topological polar surface area (TPSA) is 98.7 Å². The Morgan fingerprint density at radius 1 is 1.29 bits per heavy atom. The molecule has 21 heavy (non-hydrogen) atoms. The molecule has 1 saturated heterocycles. The maximum atomic E-state index is 12.0. The van der Waals surface area contributed by atoms with Crippen LogP contribution in [0.25, 0.3) is 0 Å². The van der Waals surface area contributed by atoms with Crippen molar-refractivity contribution in [2.45, 2.75) is 45.6 Å². The molecule has 0 saturated carbocycles. The van der Waals surface area contributed by atoms with Gasteiger partial charge in [-0.1, -0.05) is 0 Å². The molecule has 3 N–H and O–H groups in total. The van der Waals surface area contributed by atoms with Gasteiger partial charge in [-0.3, -0.25) is 9.59 Å². The van der Waals surface area contributed by atoms with E-state index in [0.29, 0.717) is 13.1 Å². The number of urea groups is 1. The van der Waals surface area contributed by atoms with E-state index < -0.39 is 5.97 Å². The fourth-order valence-corrected chi connectivity index (χ4v) is 2.39. The number of hydrogen-bond acceptors (Lipinski definition) is 3. The van der Waals surface area contributed by atoms with Crippen molar-refractivity contribution in [2.24, 2.45) is 5.92 Å². The number of likely N-dealkylation sites (tertiary alicyclic amines) is 1. The molecular formula is C14H25N3O4. The first kappa shape index (κ1) is 17.3. The standard InChI is InChI=1S/C14H25N3O4/c1-14(2,3)16-11(18)8-15-13(21)17-6-4-5-10(9-17)7-12(19)20/h10H,4-9H2,1-3H3,(H,15,21)(H,16,18)(H,19,20).